The number of likely N-dealkylation sites (tertiary alicyclic amines) is 1. The largest absolute Gasteiger partial charge is 0.497 e. The first-order chi connectivity index (χ1) is 11.2. The van der Waals surface area contributed by atoms with E-state index in [1.807, 2.05) is 0 Å². The van der Waals surface area contributed by atoms with E-state index in [1.165, 1.54) is 30.5 Å². The van der Waals surface area contributed by atoms with Gasteiger partial charge >= 0.3 is 0 Å². The van der Waals surface area contributed by atoms with Crippen LogP contribution in [0.1, 0.15) is 43.7 Å². The van der Waals surface area contributed by atoms with Gasteiger partial charge in [-0.1, -0.05) is 13.0 Å². The number of rotatable bonds is 5. The van der Waals surface area contributed by atoms with Crippen LogP contribution in [0.2, 0.25) is 0 Å². The van der Waals surface area contributed by atoms with Gasteiger partial charge < -0.3 is 9.53 Å². The molecule has 0 spiro atoms. The summed E-state index contributed by atoms with van der Waals surface area (Å²) in [4.78, 5) is 14.2. The third-order valence-electron chi connectivity index (χ3n) is 6.68. The number of nitrogens with zero attached hydrogens (tertiary/aromatic N) is 1. The third kappa shape index (κ3) is 2.40. The highest BCUT2D eigenvalue weighted by atomic mass is 16.5. The Balaban J connectivity index is 1.75. The van der Waals surface area contributed by atoms with Gasteiger partial charge in [-0.25, -0.2) is 0 Å². The molecule has 0 unspecified atom stereocenters. The van der Waals surface area contributed by atoms with Crippen LogP contribution in [-0.2, 0) is 16.6 Å². The summed E-state index contributed by atoms with van der Waals surface area (Å²) in [5.74, 6) is 2.37. The van der Waals surface area contributed by atoms with E-state index in [1.54, 1.807) is 7.11 Å². The molecule has 0 amide bonds. The van der Waals surface area contributed by atoms with Crippen LogP contribution in [0.3, 0.4) is 0 Å². The second kappa shape index (κ2) is 5.62. The first-order valence-corrected chi connectivity index (χ1v) is 9.03. The maximum atomic E-state index is 11.5. The van der Waals surface area contributed by atoms with Gasteiger partial charge in [-0.05, 0) is 67.3 Å². The Hall–Kier alpha value is -1.35. The van der Waals surface area contributed by atoms with Gasteiger partial charge in [0.05, 0.1) is 7.11 Å². The number of hydrogen-bond donors (Lipinski definition) is 0. The van der Waals surface area contributed by atoms with Crippen molar-refractivity contribution in [3.63, 3.8) is 0 Å². The average Bonchev–Trinajstić information content (AvgIpc) is 3.37. The maximum absolute atomic E-state index is 11.5. The van der Waals surface area contributed by atoms with E-state index >= 15 is 0 Å². The summed E-state index contributed by atoms with van der Waals surface area (Å²) < 4.78 is 5.46. The van der Waals surface area contributed by atoms with E-state index in [2.05, 4.69) is 30.0 Å². The van der Waals surface area contributed by atoms with Crippen LogP contribution in [0.25, 0.3) is 0 Å². The van der Waals surface area contributed by atoms with Crippen molar-refractivity contribution in [2.24, 2.45) is 11.8 Å². The number of hydrogen-bond acceptors (Lipinski definition) is 3. The topological polar surface area (TPSA) is 29.5 Å². The zero-order valence-corrected chi connectivity index (χ0v) is 14.3. The Kier molecular flexibility index (Phi) is 3.72. The number of aldehydes is 1. The molecule has 23 heavy (non-hydrogen) atoms. The van der Waals surface area contributed by atoms with Crippen LogP contribution < -0.4 is 4.74 Å². The lowest BCUT2D eigenvalue weighted by Crippen LogP contribution is -2.59. The van der Waals surface area contributed by atoms with Crippen LogP contribution in [0, 0.1) is 11.8 Å². The maximum Gasteiger partial charge on any atom is 0.120 e. The SMILES string of the molecule is COc1ccc2c(c1)[C@]1(CC=O)CCN(CC3CC3)[C@H](C2)[C@@H]1C. The van der Waals surface area contributed by atoms with E-state index in [4.69, 9.17) is 4.74 Å². The van der Waals surface area contributed by atoms with E-state index in [0.717, 1.165) is 37.3 Å². The van der Waals surface area contributed by atoms with Crippen molar-refractivity contribution in [3.8, 4) is 5.75 Å². The van der Waals surface area contributed by atoms with Gasteiger partial charge in [-0.2, -0.15) is 0 Å². The van der Waals surface area contributed by atoms with Crippen LogP contribution in [0.15, 0.2) is 18.2 Å². The highest BCUT2D eigenvalue weighted by Crippen LogP contribution is 2.51. The van der Waals surface area contributed by atoms with Gasteiger partial charge in [0.2, 0.25) is 0 Å². The molecular formula is C20H27NO2. The lowest BCUT2D eigenvalue weighted by molar-refractivity contribution is -0.110. The first-order valence-electron chi connectivity index (χ1n) is 9.03. The van der Waals surface area contributed by atoms with Crippen molar-refractivity contribution in [3.05, 3.63) is 29.3 Å². The molecular weight excluding hydrogens is 286 g/mol. The molecule has 2 bridgehead atoms. The molecule has 4 rings (SSSR count). The molecule has 3 aliphatic rings. The third-order valence-corrected chi connectivity index (χ3v) is 6.68. The van der Waals surface area contributed by atoms with Gasteiger partial charge in [0.1, 0.15) is 12.0 Å². The average molecular weight is 313 g/mol. The molecule has 1 aliphatic heterocycles. The van der Waals surface area contributed by atoms with Gasteiger partial charge in [-0.15, -0.1) is 0 Å². The van der Waals surface area contributed by atoms with E-state index in [0.29, 0.717) is 18.4 Å². The number of ether oxygens (including phenoxy) is 1. The van der Waals surface area contributed by atoms with Crippen molar-refractivity contribution < 1.29 is 9.53 Å². The molecule has 3 nitrogen and oxygen atoms in total. The number of carbonyl (C=O) groups excluding carboxylic acids is 1. The molecule has 2 aliphatic carbocycles. The fraction of sp³-hybridized carbons (Fsp3) is 0.650. The number of piperidine rings is 1. The molecule has 1 saturated heterocycles. The predicted molar refractivity (Wildman–Crippen MR) is 90.9 cm³/mol. The molecule has 0 radical (unpaired) electrons. The summed E-state index contributed by atoms with van der Waals surface area (Å²) in [5.41, 5.74) is 2.81. The Bertz CT molecular complexity index is 610. The van der Waals surface area contributed by atoms with Crippen molar-refractivity contribution in [1.82, 2.24) is 4.90 Å². The minimum atomic E-state index is 0.00852. The molecule has 1 aromatic carbocycles. The van der Waals surface area contributed by atoms with Crippen LogP contribution >= 0.6 is 0 Å². The molecule has 1 aromatic rings. The minimum Gasteiger partial charge on any atom is -0.497 e. The first kappa shape index (κ1) is 15.2. The molecule has 124 valence electrons. The van der Waals surface area contributed by atoms with E-state index < -0.39 is 0 Å². The minimum absolute atomic E-state index is 0.00852. The lowest BCUT2D eigenvalue weighted by Gasteiger charge is -2.55. The summed E-state index contributed by atoms with van der Waals surface area (Å²) in [6.07, 6.45) is 6.81. The highest BCUT2D eigenvalue weighted by Gasteiger charge is 2.51. The number of methoxy groups -OCH3 is 1. The fourth-order valence-electron chi connectivity index (χ4n) is 5.06. The van der Waals surface area contributed by atoms with Crippen LogP contribution in [0.5, 0.6) is 5.75 Å². The predicted octanol–water partition coefficient (Wildman–Crippen LogP) is 3.20. The van der Waals surface area contributed by atoms with Gasteiger partial charge in [0, 0.05) is 24.4 Å². The molecule has 1 saturated carbocycles. The Morgan fingerprint density at radius 1 is 1.39 bits per heavy atom. The van der Waals surface area contributed by atoms with Crippen molar-refractivity contribution in [2.45, 2.75) is 50.5 Å². The molecule has 3 atom stereocenters. The van der Waals surface area contributed by atoms with Crippen molar-refractivity contribution in [1.29, 1.82) is 0 Å². The van der Waals surface area contributed by atoms with Crippen LogP contribution in [-0.4, -0.2) is 37.4 Å². The second-order valence-electron chi connectivity index (χ2n) is 7.80. The standard InChI is InChI=1S/C20H27NO2/c1-14-19-11-16-5-6-17(23-2)12-18(16)20(14,8-10-22)7-9-21(19)13-15-3-4-15/h5-6,10,12,14-15,19H,3-4,7-9,11,13H2,1-2H3/t14-,19+,20-/m0/s1. The quantitative estimate of drug-likeness (QED) is 0.782. The summed E-state index contributed by atoms with van der Waals surface area (Å²) in [5, 5.41) is 0. The number of fused-ring (bicyclic) bond motifs is 4. The number of benzene rings is 1. The van der Waals surface area contributed by atoms with E-state index in [9.17, 15) is 4.79 Å². The summed E-state index contributed by atoms with van der Waals surface area (Å²) >= 11 is 0. The smallest absolute Gasteiger partial charge is 0.120 e. The van der Waals surface area contributed by atoms with Gasteiger partial charge in [0.25, 0.3) is 0 Å². The molecule has 3 heteroatoms. The summed E-state index contributed by atoms with van der Waals surface area (Å²) in [7, 11) is 1.72. The van der Waals surface area contributed by atoms with Gasteiger partial charge in [-0.3, -0.25) is 4.90 Å². The molecule has 0 aromatic heterocycles. The zero-order valence-electron chi connectivity index (χ0n) is 14.3. The van der Waals surface area contributed by atoms with Crippen LogP contribution in [0.4, 0.5) is 0 Å². The fourth-order valence-corrected chi connectivity index (χ4v) is 5.06. The molecule has 0 N–H and O–H groups in total. The second-order valence-corrected chi connectivity index (χ2v) is 7.80. The lowest BCUT2D eigenvalue weighted by atomic mass is 9.56. The Labute approximate surface area is 139 Å². The van der Waals surface area contributed by atoms with Crippen molar-refractivity contribution >= 4 is 6.29 Å². The van der Waals surface area contributed by atoms with Crippen molar-refractivity contribution in [2.75, 3.05) is 20.2 Å². The van der Waals surface area contributed by atoms with Gasteiger partial charge in [0.15, 0.2) is 0 Å². The Morgan fingerprint density at radius 3 is 2.91 bits per heavy atom. The highest BCUT2D eigenvalue weighted by molar-refractivity contribution is 5.57. The summed E-state index contributed by atoms with van der Waals surface area (Å²) in [6.45, 7) is 4.77. The molecule has 1 heterocycles. The zero-order chi connectivity index (χ0) is 16.0. The normalized spacial score (nSPS) is 33.1. The Morgan fingerprint density at radius 2 is 2.22 bits per heavy atom. The number of carbonyl (C=O) groups is 1. The summed E-state index contributed by atoms with van der Waals surface area (Å²) in [6, 6.07) is 7.09. The molecule has 2 fully saturated rings. The van der Waals surface area contributed by atoms with E-state index in [-0.39, 0.29) is 5.41 Å². The monoisotopic (exact) mass is 313 g/mol.